The molecule has 0 saturated carbocycles. The molecule has 2 N–H and O–H groups in total. The van der Waals surface area contributed by atoms with E-state index in [-0.39, 0.29) is 11.7 Å². The van der Waals surface area contributed by atoms with Crippen LogP contribution in [0.2, 0.25) is 0 Å². The zero-order valence-electron chi connectivity index (χ0n) is 16.5. The van der Waals surface area contributed by atoms with Crippen molar-refractivity contribution < 1.29 is 9.90 Å². The Kier molecular flexibility index (Phi) is 6.16. The van der Waals surface area contributed by atoms with Crippen LogP contribution in [0, 0.1) is 13.8 Å². The van der Waals surface area contributed by atoms with Gasteiger partial charge >= 0.3 is 0 Å². The number of carbonyl (C=O) groups excluding carboxylic acids is 1. The Bertz CT molecular complexity index is 988. The number of allylic oxidation sites excluding steroid dienone is 2. The van der Waals surface area contributed by atoms with Gasteiger partial charge in [-0.25, -0.2) is 0 Å². The molecule has 1 heterocycles. The van der Waals surface area contributed by atoms with Gasteiger partial charge in [0, 0.05) is 11.2 Å². The summed E-state index contributed by atoms with van der Waals surface area (Å²) in [5.41, 5.74) is 7.41. The molecule has 1 aliphatic rings. The maximum Gasteiger partial charge on any atom is 0.246 e. The molecule has 2 aromatic carbocycles. The van der Waals surface area contributed by atoms with Gasteiger partial charge in [-0.2, -0.15) is 0 Å². The summed E-state index contributed by atoms with van der Waals surface area (Å²) in [7, 11) is 0.388. The van der Waals surface area contributed by atoms with Crippen molar-refractivity contribution in [1.29, 1.82) is 0 Å². The highest BCUT2D eigenvalue weighted by Crippen LogP contribution is 2.34. The van der Waals surface area contributed by atoms with Crippen LogP contribution in [0.3, 0.4) is 0 Å². The zero-order valence-corrected chi connectivity index (χ0v) is 17.5. The van der Waals surface area contributed by atoms with E-state index in [2.05, 4.69) is 36.8 Å². The molecule has 0 saturated heterocycles. The fourth-order valence-corrected chi connectivity index (χ4v) is 4.40. The second kappa shape index (κ2) is 8.58. The predicted molar refractivity (Wildman–Crippen MR) is 120 cm³/mol. The molecule has 1 aliphatic heterocycles. The minimum absolute atomic E-state index is 0.0167. The van der Waals surface area contributed by atoms with Crippen molar-refractivity contribution >= 4 is 26.3 Å². The van der Waals surface area contributed by atoms with Crippen molar-refractivity contribution in [2.24, 2.45) is 0 Å². The fourth-order valence-electron chi connectivity index (χ4n) is 3.45. The monoisotopic (exact) mass is 391 g/mol. The van der Waals surface area contributed by atoms with E-state index in [1.54, 1.807) is 12.1 Å². The van der Waals surface area contributed by atoms with Gasteiger partial charge in [-0.1, -0.05) is 49.1 Å². The van der Waals surface area contributed by atoms with Gasteiger partial charge in [0.2, 0.25) is 5.91 Å². The topological polar surface area (TPSA) is 49.3 Å². The first kappa shape index (κ1) is 20.1. The standard InChI is InChI=1S/C24H26NO2P/c1-5-6-19-12-18(13-20-8-10-24(27)25-28-20)14-22(16(19)3)17(4)21-9-7-15(2)11-23(21)26/h5-12,14,20,26,28H,4,13H2,1-3H3,(H,25,27)/b6-5-. The third-order valence-electron chi connectivity index (χ3n) is 4.97. The van der Waals surface area contributed by atoms with Crippen LogP contribution in [0.25, 0.3) is 11.6 Å². The van der Waals surface area contributed by atoms with Gasteiger partial charge in [-0.3, -0.25) is 4.79 Å². The van der Waals surface area contributed by atoms with E-state index in [0.717, 1.165) is 39.8 Å². The van der Waals surface area contributed by atoms with Crippen molar-refractivity contribution in [2.45, 2.75) is 32.9 Å². The number of hydrogen-bond acceptors (Lipinski definition) is 2. The first-order valence-corrected chi connectivity index (χ1v) is 10.5. The lowest BCUT2D eigenvalue weighted by Crippen LogP contribution is -2.21. The average molecular weight is 391 g/mol. The number of benzene rings is 2. The quantitative estimate of drug-likeness (QED) is 0.680. The molecule has 4 heteroatoms. The minimum atomic E-state index is -0.0167. The zero-order chi connectivity index (χ0) is 20.3. The second-order valence-electron chi connectivity index (χ2n) is 7.16. The minimum Gasteiger partial charge on any atom is -0.507 e. The van der Waals surface area contributed by atoms with E-state index in [1.165, 1.54) is 5.56 Å². The Morgan fingerprint density at radius 2 is 2.04 bits per heavy atom. The number of nitrogens with one attached hydrogen (secondary N) is 1. The van der Waals surface area contributed by atoms with Crippen LogP contribution in [-0.2, 0) is 11.2 Å². The maximum atomic E-state index is 11.4. The first-order valence-electron chi connectivity index (χ1n) is 9.38. The molecule has 3 rings (SSSR count). The number of amides is 1. The summed E-state index contributed by atoms with van der Waals surface area (Å²) in [4.78, 5) is 11.4. The Morgan fingerprint density at radius 1 is 1.25 bits per heavy atom. The van der Waals surface area contributed by atoms with Gasteiger partial charge in [0.05, 0.1) is 0 Å². The summed E-state index contributed by atoms with van der Waals surface area (Å²) in [6.45, 7) is 10.3. The Labute approximate surface area is 168 Å². The number of aryl methyl sites for hydroxylation is 1. The molecular formula is C24H26NO2P. The third kappa shape index (κ3) is 4.43. The van der Waals surface area contributed by atoms with Crippen LogP contribution in [0.1, 0.15) is 40.3 Å². The summed E-state index contributed by atoms with van der Waals surface area (Å²) in [6.07, 6.45) is 8.59. The highest BCUT2D eigenvalue weighted by Gasteiger charge is 2.17. The van der Waals surface area contributed by atoms with Crippen LogP contribution in [0.4, 0.5) is 0 Å². The molecular weight excluding hydrogens is 365 g/mol. The molecule has 0 radical (unpaired) electrons. The van der Waals surface area contributed by atoms with Gasteiger partial charge in [0.1, 0.15) is 5.75 Å². The van der Waals surface area contributed by atoms with Crippen molar-refractivity contribution in [3.8, 4) is 5.75 Å². The summed E-state index contributed by atoms with van der Waals surface area (Å²) < 4.78 is 0. The second-order valence-corrected chi connectivity index (χ2v) is 8.44. The van der Waals surface area contributed by atoms with Gasteiger partial charge in [0.15, 0.2) is 0 Å². The lowest BCUT2D eigenvalue weighted by Gasteiger charge is -2.20. The van der Waals surface area contributed by atoms with E-state index in [9.17, 15) is 9.90 Å². The number of aromatic hydroxyl groups is 1. The maximum absolute atomic E-state index is 11.4. The molecule has 2 atom stereocenters. The Hall–Kier alpha value is -2.64. The molecule has 144 valence electrons. The molecule has 2 unspecified atom stereocenters. The van der Waals surface area contributed by atoms with Gasteiger partial charge in [-0.05, 0) is 81.5 Å². The van der Waals surface area contributed by atoms with Crippen LogP contribution < -0.4 is 5.09 Å². The van der Waals surface area contributed by atoms with Crippen LogP contribution in [-0.4, -0.2) is 16.7 Å². The van der Waals surface area contributed by atoms with E-state index < -0.39 is 0 Å². The lowest BCUT2D eigenvalue weighted by molar-refractivity contribution is -0.114. The Balaban J connectivity index is 2.01. The van der Waals surface area contributed by atoms with Crippen molar-refractivity contribution in [3.63, 3.8) is 0 Å². The van der Waals surface area contributed by atoms with E-state index in [1.807, 2.05) is 38.1 Å². The average Bonchev–Trinajstić information content (AvgIpc) is 2.66. The highest BCUT2D eigenvalue weighted by atomic mass is 31.1. The largest absolute Gasteiger partial charge is 0.507 e. The van der Waals surface area contributed by atoms with Crippen LogP contribution in [0.5, 0.6) is 5.75 Å². The van der Waals surface area contributed by atoms with Crippen molar-refractivity contribution in [2.75, 3.05) is 0 Å². The number of phenols is 1. The lowest BCUT2D eigenvalue weighted by atomic mass is 9.89. The number of carbonyl (C=O) groups is 1. The molecule has 0 bridgehead atoms. The molecule has 0 aromatic heterocycles. The molecule has 1 amide bonds. The van der Waals surface area contributed by atoms with E-state index in [4.69, 9.17) is 0 Å². The molecule has 0 spiro atoms. The summed E-state index contributed by atoms with van der Waals surface area (Å²) in [6, 6.07) is 10.1. The van der Waals surface area contributed by atoms with Crippen LogP contribution in [0.15, 0.2) is 55.1 Å². The van der Waals surface area contributed by atoms with E-state index >= 15 is 0 Å². The smallest absolute Gasteiger partial charge is 0.246 e. The van der Waals surface area contributed by atoms with Gasteiger partial charge in [0.25, 0.3) is 0 Å². The summed E-state index contributed by atoms with van der Waals surface area (Å²) in [5, 5.41) is 13.3. The normalized spacial score (nSPS) is 17.2. The first-order chi connectivity index (χ1) is 13.4. The fraction of sp³-hybridized carbons (Fsp3) is 0.208. The molecule has 0 aliphatic carbocycles. The molecule has 28 heavy (non-hydrogen) atoms. The number of hydrogen-bond donors (Lipinski definition) is 2. The molecule has 0 fully saturated rings. The highest BCUT2D eigenvalue weighted by molar-refractivity contribution is 7.38. The van der Waals surface area contributed by atoms with Gasteiger partial charge in [-0.15, -0.1) is 0 Å². The Morgan fingerprint density at radius 3 is 2.68 bits per heavy atom. The predicted octanol–water partition coefficient (Wildman–Crippen LogP) is 5.29. The number of rotatable bonds is 5. The van der Waals surface area contributed by atoms with Crippen molar-refractivity contribution in [1.82, 2.24) is 5.09 Å². The van der Waals surface area contributed by atoms with Crippen molar-refractivity contribution in [3.05, 3.63) is 88.5 Å². The molecule has 3 nitrogen and oxygen atoms in total. The summed E-state index contributed by atoms with van der Waals surface area (Å²) in [5.74, 6) is 0.235. The number of phenolic OH excluding ortho intramolecular Hbond substituents is 1. The SMILES string of the molecule is C=C(c1ccc(C)cc1O)c1cc(CC2C=CC(=O)NP2)cc(/C=C\C)c1C. The summed E-state index contributed by atoms with van der Waals surface area (Å²) >= 11 is 0. The van der Waals surface area contributed by atoms with Gasteiger partial charge < -0.3 is 10.2 Å². The van der Waals surface area contributed by atoms with E-state index in [0.29, 0.717) is 14.4 Å². The molecule has 2 aromatic rings. The van der Waals surface area contributed by atoms with Crippen LogP contribution >= 0.6 is 8.73 Å². The third-order valence-corrected chi connectivity index (χ3v) is 6.13.